The van der Waals surface area contributed by atoms with Crippen LogP contribution in [0.25, 0.3) is 10.1 Å². The first kappa shape index (κ1) is 15.2. The molecule has 0 aliphatic carbocycles. The number of ether oxygens (including phenoxy) is 1. The fourth-order valence-electron chi connectivity index (χ4n) is 1.92. The number of thiophene rings is 1. The molecule has 2 aromatic heterocycles. The van der Waals surface area contributed by atoms with Crippen LogP contribution < -0.4 is 5.56 Å². The topological polar surface area (TPSA) is 61.2 Å². The lowest BCUT2D eigenvalue weighted by atomic mass is 10.1. The van der Waals surface area contributed by atoms with Crippen LogP contribution in [0.15, 0.2) is 14.6 Å². The molecule has 0 aliphatic rings. The van der Waals surface area contributed by atoms with Crippen LogP contribution in [0.2, 0.25) is 0 Å². The number of carbonyl (C=O) groups excluding carboxylic acids is 1. The fourth-order valence-corrected chi connectivity index (χ4v) is 3.47. The Balaban J connectivity index is 2.58. The highest BCUT2D eigenvalue weighted by Crippen LogP contribution is 2.31. The van der Waals surface area contributed by atoms with Crippen molar-refractivity contribution in [1.82, 2.24) is 9.78 Å². The van der Waals surface area contributed by atoms with Gasteiger partial charge in [0, 0.05) is 5.39 Å². The van der Waals surface area contributed by atoms with E-state index in [1.54, 1.807) is 6.92 Å². The van der Waals surface area contributed by atoms with Gasteiger partial charge in [-0.2, -0.15) is 5.10 Å². The quantitative estimate of drug-likeness (QED) is 0.788. The van der Waals surface area contributed by atoms with E-state index >= 15 is 0 Å². The first-order valence-corrected chi connectivity index (χ1v) is 7.90. The van der Waals surface area contributed by atoms with Gasteiger partial charge in [-0.25, -0.2) is 4.68 Å². The molecule has 0 atom stereocenters. The lowest BCUT2D eigenvalue weighted by Gasteiger charge is -2.10. The zero-order chi connectivity index (χ0) is 14.9. The average Bonchev–Trinajstić information content (AvgIpc) is 2.74. The van der Waals surface area contributed by atoms with E-state index in [1.807, 2.05) is 19.9 Å². The second-order valence-corrected chi connectivity index (χ2v) is 7.03. The number of esters is 1. The monoisotopic (exact) mass is 358 g/mol. The molecule has 0 aliphatic heterocycles. The number of carbonyl (C=O) groups is 1. The molecule has 0 saturated heterocycles. The minimum absolute atomic E-state index is 0.155. The van der Waals surface area contributed by atoms with E-state index in [4.69, 9.17) is 4.74 Å². The minimum atomic E-state index is -0.452. The van der Waals surface area contributed by atoms with Crippen molar-refractivity contribution in [3.63, 3.8) is 0 Å². The van der Waals surface area contributed by atoms with Crippen LogP contribution in [-0.2, 0) is 16.1 Å². The maximum absolute atomic E-state index is 12.3. The van der Waals surface area contributed by atoms with Crippen LogP contribution >= 0.6 is 27.3 Å². The summed E-state index contributed by atoms with van der Waals surface area (Å²) < 4.78 is 7.55. The number of aromatic nitrogens is 2. The molecule has 2 aromatic rings. The molecule has 0 fully saturated rings. The maximum atomic E-state index is 12.3. The first-order chi connectivity index (χ1) is 9.43. The van der Waals surface area contributed by atoms with Gasteiger partial charge < -0.3 is 4.74 Å². The van der Waals surface area contributed by atoms with Crippen LogP contribution in [-0.4, -0.2) is 22.4 Å². The van der Waals surface area contributed by atoms with Crippen molar-refractivity contribution in [1.29, 1.82) is 0 Å². The van der Waals surface area contributed by atoms with Crippen LogP contribution in [0.4, 0.5) is 0 Å². The van der Waals surface area contributed by atoms with Crippen LogP contribution in [0.5, 0.6) is 0 Å². The Hall–Kier alpha value is -1.21. The van der Waals surface area contributed by atoms with Crippen LogP contribution in [0, 0.1) is 0 Å². The van der Waals surface area contributed by atoms with E-state index in [0.29, 0.717) is 4.70 Å². The zero-order valence-corrected chi connectivity index (χ0v) is 13.9. The molecule has 20 heavy (non-hydrogen) atoms. The van der Waals surface area contributed by atoms with Crippen molar-refractivity contribution < 1.29 is 9.53 Å². The Morgan fingerprint density at radius 2 is 2.25 bits per heavy atom. The third kappa shape index (κ3) is 2.93. The smallest absolute Gasteiger partial charge is 0.327 e. The zero-order valence-electron chi connectivity index (χ0n) is 11.5. The fraction of sp³-hybridized carbons (Fsp3) is 0.462. The van der Waals surface area contributed by atoms with E-state index in [1.165, 1.54) is 16.0 Å². The summed E-state index contributed by atoms with van der Waals surface area (Å²) in [7, 11) is 0. The number of nitrogens with zero attached hydrogens (tertiary/aromatic N) is 2. The van der Waals surface area contributed by atoms with Crippen molar-refractivity contribution >= 4 is 43.3 Å². The third-order valence-electron chi connectivity index (χ3n) is 2.77. The van der Waals surface area contributed by atoms with Gasteiger partial charge >= 0.3 is 5.97 Å². The molecule has 0 N–H and O–H groups in total. The number of hydrogen-bond acceptors (Lipinski definition) is 5. The molecule has 0 saturated carbocycles. The Bertz CT molecular complexity index is 705. The highest BCUT2D eigenvalue weighted by atomic mass is 79.9. The van der Waals surface area contributed by atoms with E-state index in [0.717, 1.165) is 14.9 Å². The maximum Gasteiger partial charge on any atom is 0.327 e. The summed E-state index contributed by atoms with van der Waals surface area (Å²) >= 11 is 4.75. The highest BCUT2D eigenvalue weighted by Gasteiger charge is 2.17. The van der Waals surface area contributed by atoms with Gasteiger partial charge in [-0.05, 0) is 34.8 Å². The Morgan fingerprint density at radius 1 is 1.55 bits per heavy atom. The standard InChI is InChI=1S/C13H15BrN2O3S/c1-4-19-10(17)6-16-13(18)12-8(5-9(14)20-12)11(15-16)7(2)3/h5,7H,4,6H2,1-3H3. The molecule has 7 heteroatoms. The molecule has 2 heterocycles. The molecular formula is C13H15BrN2O3S. The molecule has 108 valence electrons. The van der Waals surface area contributed by atoms with Gasteiger partial charge in [-0.15, -0.1) is 11.3 Å². The third-order valence-corrected chi connectivity index (χ3v) is 4.39. The number of fused-ring (bicyclic) bond motifs is 1. The summed E-state index contributed by atoms with van der Waals surface area (Å²) in [6.07, 6.45) is 0. The minimum Gasteiger partial charge on any atom is -0.465 e. The summed E-state index contributed by atoms with van der Waals surface area (Å²) in [6, 6.07) is 1.90. The Labute approximate surface area is 128 Å². The predicted octanol–water partition coefficient (Wildman–Crippen LogP) is 2.91. The molecule has 2 rings (SSSR count). The van der Waals surface area contributed by atoms with Crippen molar-refractivity contribution in [2.45, 2.75) is 33.2 Å². The van der Waals surface area contributed by atoms with Crippen molar-refractivity contribution in [3.05, 3.63) is 25.9 Å². The van der Waals surface area contributed by atoms with E-state index < -0.39 is 5.97 Å². The summed E-state index contributed by atoms with van der Waals surface area (Å²) in [4.78, 5) is 23.9. The van der Waals surface area contributed by atoms with Crippen molar-refractivity contribution in [2.24, 2.45) is 0 Å². The lowest BCUT2D eigenvalue weighted by molar-refractivity contribution is -0.144. The average molecular weight is 359 g/mol. The van der Waals surface area contributed by atoms with Gasteiger partial charge in [0.2, 0.25) is 0 Å². The summed E-state index contributed by atoms with van der Waals surface area (Å²) in [5.74, 6) is -0.292. The van der Waals surface area contributed by atoms with Gasteiger partial charge in [0.15, 0.2) is 0 Å². The lowest BCUT2D eigenvalue weighted by Crippen LogP contribution is -2.28. The number of halogens is 1. The second-order valence-electron chi connectivity index (χ2n) is 4.60. The summed E-state index contributed by atoms with van der Waals surface area (Å²) in [6.45, 7) is 5.88. The Morgan fingerprint density at radius 3 is 2.85 bits per heavy atom. The summed E-state index contributed by atoms with van der Waals surface area (Å²) in [5.41, 5.74) is 0.555. The van der Waals surface area contributed by atoms with Gasteiger partial charge in [0.25, 0.3) is 5.56 Å². The number of hydrogen-bond donors (Lipinski definition) is 0. The largest absolute Gasteiger partial charge is 0.465 e. The Kier molecular flexibility index (Phi) is 4.59. The van der Waals surface area contributed by atoms with E-state index in [9.17, 15) is 9.59 Å². The normalized spacial score (nSPS) is 11.2. The molecule has 0 bridgehead atoms. The molecule has 0 aromatic carbocycles. The van der Waals surface area contributed by atoms with Gasteiger partial charge in [0.1, 0.15) is 11.2 Å². The highest BCUT2D eigenvalue weighted by molar-refractivity contribution is 9.11. The van der Waals surface area contributed by atoms with Gasteiger partial charge in [-0.1, -0.05) is 13.8 Å². The molecule has 0 radical (unpaired) electrons. The second kappa shape index (κ2) is 6.05. The van der Waals surface area contributed by atoms with Crippen molar-refractivity contribution in [2.75, 3.05) is 6.61 Å². The van der Waals surface area contributed by atoms with Crippen LogP contribution in [0.3, 0.4) is 0 Å². The van der Waals surface area contributed by atoms with E-state index in [2.05, 4.69) is 21.0 Å². The van der Waals surface area contributed by atoms with Gasteiger partial charge in [-0.3, -0.25) is 9.59 Å². The van der Waals surface area contributed by atoms with Crippen molar-refractivity contribution in [3.8, 4) is 0 Å². The van der Waals surface area contributed by atoms with E-state index in [-0.39, 0.29) is 24.6 Å². The first-order valence-electron chi connectivity index (χ1n) is 6.29. The molecule has 0 amide bonds. The molecule has 0 unspecified atom stereocenters. The molecular weight excluding hydrogens is 344 g/mol. The SMILES string of the molecule is CCOC(=O)Cn1nc(C(C)C)c2cc(Br)sc2c1=O. The number of rotatable bonds is 4. The molecule has 0 spiro atoms. The summed E-state index contributed by atoms with van der Waals surface area (Å²) in [5, 5.41) is 5.17. The van der Waals surface area contributed by atoms with Crippen LogP contribution in [0.1, 0.15) is 32.4 Å². The predicted molar refractivity (Wildman–Crippen MR) is 82.3 cm³/mol. The molecule has 5 nitrogen and oxygen atoms in total. The van der Waals surface area contributed by atoms with Gasteiger partial charge in [0.05, 0.1) is 16.1 Å².